The second-order valence-corrected chi connectivity index (χ2v) is 7.86. The van der Waals surface area contributed by atoms with Crippen molar-refractivity contribution in [1.29, 1.82) is 0 Å². The van der Waals surface area contributed by atoms with Gasteiger partial charge in [0.15, 0.2) is 0 Å². The number of nitrogens with one attached hydrogen (secondary N) is 1. The monoisotopic (exact) mass is 317 g/mol. The SMILES string of the molecule is CC1(c2ccccc2)CCC(NC[C@]2(CCO)CCOC2)CC1. The average Bonchev–Trinajstić information content (AvgIpc) is 3.05. The van der Waals surface area contributed by atoms with Crippen LogP contribution in [-0.2, 0) is 10.2 Å². The van der Waals surface area contributed by atoms with Crippen LogP contribution in [0.15, 0.2) is 30.3 Å². The van der Waals surface area contributed by atoms with Crippen LogP contribution < -0.4 is 5.32 Å². The van der Waals surface area contributed by atoms with Gasteiger partial charge in [-0.1, -0.05) is 37.3 Å². The van der Waals surface area contributed by atoms with E-state index >= 15 is 0 Å². The van der Waals surface area contributed by atoms with E-state index in [0.29, 0.717) is 11.5 Å². The lowest BCUT2D eigenvalue weighted by atomic mass is 9.69. The van der Waals surface area contributed by atoms with Gasteiger partial charge in [0.1, 0.15) is 0 Å². The first-order valence-electron chi connectivity index (χ1n) is 9.13. The van der Waals surface area contributed by atoms with Crippen molar-refractivity contribution in [3.63, 3.8) is 0 Å². The lowest BCUT2D eigenvalue weighted by Gasteiger charge is -2.39. The Morgan fingerprint density at radius 2 is 1.91 bits per heavy atom. The van der Waals surface area contributed by atoms with Crippen LogP contribution in [0.2, 0.25) is 0 Å². The van der Waals surface area contributed by atoms with Crippen LogP contribution in [0.25, 0.3) is 0 Å². The number of aliphatic hydroxyl groups excluding tert-OH is 1. The molecule has 3 rings (SSSR count). The fourth-order valence-corrected chi connectivity index (χ4v) is 4.26. The van der Waals surface area contributed by atoms with Crippen molar-refractivity contribution in [1.82, 2.24) is 5.32 Å². The Bertz CT molecular complexity index is 474. The van der Waals surface area contributed by atoms with Crippen molar-refractivity contribution in [3.05, 3.63) is 35.9 Å². The molecule has 1 atom stereocenters. The summed E-state index contributed by atoms with van der Waals surface area (Å²) in [6, 6.07) is 11.6. The van der Waals surface area contributed by atoms with E-state index in [9.17, 15) is 5.11 Å². The van der Waals surface area contributed by atoms with E-state index in [0.717, 1.165) is 32.6 Å². The zero-order chi connectivity index (χ0) is 16.2. The van der Waals surface area contributed by atoms with Crippen molar-refractivity contribution >= 4 is 0 Å². The van der Waals surface area contributed by atoms with Gasteiger partial charge in [-0.05, 0) is 49.5 Å². The maximum Gasteiger partial charge on any atom is 0.0536 e. The molecule has 1 aliphatic heterocycles. The van der Waals surface area contributed by atoms with Crippen LogP contribution in [-0.4, -0.2) is 37.5 Å². The van der Waals surface area contributed by atoms with Gasteiger partial charge in [-0.25, -0.2) is 0 Å². The number of ether oxygens (including phenoxy) is 1. The van der Waals surface area contributed by atoms with Crippen molar-refractivity contribution in [2.24, 2.45) is 5.41 Å². The molecule has 0 aromatic heterocycles. The molecular weight excluding hydrogens is 286 g/mol. The number of aliphatic hydroxyl groups is 1. The molecule has 2 N–H and O–H groups in total. The van der Waals surface area contributed by atoms with Gasteiger partial charge in [0.05, 0.1) is 6.61 Å². The summed E-state index contributed by atoms with van der Waals surface area (Å²) < 4.78 is 5.59. The topological polar surface area (TPSA) is 41.5 Å². The van der Waals surface area contributed by atoms with Crippen LogP contribution in [0, 0.1) is 5.41 Å². The van der Waals surface area contributed by atoms with Crippen LogP contribution in [0.4, 0.5) is 0 Å². The summed E-state index contributed by atoms with van der Waals surface area (Å²) in [5.74, 6) is 0. The van der Waals surface area contributed by atoms with Crippen LogP contribution >= 0.6 is 0 Å². The first kappa shape index (κ1) is 16.9. The molecule has 1 heterocycles. The van der Waals surface area contributed by atoms with E-state index in [4.69, 9.17) is 4.74 Å². The number of rotatable bonds is 6. The quantitative estimate of drug-likeness (QED) is 0.846. The molecule has 2 aliphatic rings. The minimum atomic E-state index is 0.162. The predicted molar refractivity (Wildman–Crippen MR) is 93.6 cm³/mol. The molecule has 0 amide bonds. The normalized spacial score (nSPS) is 34.6. The molecule has 0 radical (unpaired) electrons. The summed E-state index contributed by atoms with van der Waals surface area (Å²) in [6.45, 7) is 5.31. The molecule has 1 saturated carbocycles. The van der Waals surface area contributed by atoms with Crippen molar-refractivity contribution < 1.29 is 9.84 Å². The number of hydrogen-bond donors (Lipinski definition) is 2. The molecule has 0 bridgehead atoms. The third kappa shape index (κ3) is 3.96. The lowest BCUT2D eigenvalue weighted by molar-refractivity contribution is 0.118. The zero-order valence-corrected chi connectivity index (χ0v) is 14.4. The highest BCUT2D eigenvalue weighted by Gasteiger charge is 2.36. The molecular formula is C20H31NO2. The van der Waals surface area contributed by atoms with Crippen LogP contribution in [0.5, 0.6) is 0 Å². The third-order valence-corrected chi connectivity index (χ3v) is 6.15. The number of hydrogen-bond acceptors (Lipinski definition) is 3. The van der Waals surface area contributed by atoms with Gasteiger partial charge in [0.2, 0.25) is 0 Å². The summed E-state index contributed by atoms with van der Waals surface area (Å²) in [5.41, 5.74) is 1.98. The minimum absolute atomic E-state index is 0.162. The van der Waals surface area contributed by atoms with E-state index in [1.54, 1.807) is 0 Å². The molecule has 1 aromatic carbocycles. The Morgan fingerprint density at radius 1 is 1.17 bits per heavy atom. The number of benzene rings is 1. The fourth-order valence-electron chi connectivity index (χ4n) is 4.26. The van der Waals surface area contributed by atoms with Gasteiger partial charge in [-0.2, -0.15) is 0 Å². The van der Waals surface area contributed by atoms with E-state index in [2.05, 4.69) is 42.6 Å². The molecule has 3 nitrogen and oxygen atoms in total. The zero-order valence-electron chi connectivity index (χ0n) is 14.4. The Labute approximate surface area is 140 Å². The lowest BCUT2D eigenvalue weighted by Crippen LogP contribution is -2.44. The molecule has 0 unspecified atom stereocenters. The van der Waals surface area contributed by atoms with Gasteiger partial charge < -0.3 is 15.2 Å². The first-order valence-corrected chi connectivity index (χ1v) is 9.13. The maximum absolute atomic E-state index is 9.34. The largest absolute Gasteiger partial charge is 0.396 e. The molecule has 1 saturated heterocycles. The summed E-state index contributed by atoms with van der Waals surface area (Å²) in [7, 11) is 0. The van der Waals surface area contributed by atoms with E-state index in [-0.39, 0.29) is 12.0 Å². The Balaban J connectivity index is 1.51. The third-order valence-electron chi connectivity index (χ3n) is 6.15. The summed E-state index contributed by atoms with van der Waals surface area (Å²) in [5, 5.41) is 13.1. The predicted octanol–water partition coefficient (Wildman–Crippen LogP) is 3.27. The standard InChI is InChI=1S/C20H31NO2/c1-19(17-5-3-2-4-6-17)9-7-18(8-10-19)21-15-20(11-13-22)12-14-23-16-20/h2-6,18,21-22H,7-16H2,1H3/t18?,19?,20-/m0/s1. The summed E-state index contributed by atoms with van der Waals surface area (Å²) >= 11 is 0. The van der Waals surface area contributed by atoms with Crippen molar-refractivity contribution in [3.8, 4) is 0 Å². The minimum Gasteiger partial charge on any atom is -0.396 e. The van der Waals surface area contributed by atoms with Gasteiger partial charge >= 0.3 is 0 Å². The average molecular weight is 317 g/mol. The smallest absolute Gasteiger partial charge is 0.0536 e. The highest BCUT2D eigenvalue weighted by Crippen LogP contribution is 2.39. The molecule has 128 valence electrons. The highest BCUT2D eigenvalue weighted by atomic mass is 16.5. The molecule has 3 heteroatoms. The van der Waals surface area contributed by atoms with Crippen molar-refractivity contribution in [2.75, 3.05) is 26.4 Å². The molecule has 23 heavy (non-hydrogen) atoms. The van der Waals surface area contributed by atoms with Gasteiger partial charge in [-0.3, -0.25) is 0 Å². The second-order valence-electron chi connectivity index (χ2n) is 7.86. The van der Waals surface area contributed by atoms with E-state index < -0.39 is 0 Å². The fraction of sp³-hybridized carbons (Fsp3) is 0.700. The van der Waals surface area contributed by atoms with E-state index in [1.807, 2.05) is 0 Å². The van der Waals surface area contributed by atoms with Gasteiger partial charge in [0, 0.05) is 31.2 Å². The highest BCUT2D eigenvalue weighted by molar-refractivity contribution is 5.25. The Hall–Kier alpha value is -0.900. The molecule has 2 fully saturated rings. The molecule has 1 aliphatic carbocycles. The summed E-state index contributed by atoms with van der Waals surface area (Å²) in [6.07, 6.45) is 6.91. The Kier molecular flexibility index (Phi) is 5.40. The van der Waals surface area contributed by atoms with Crippen LogP contribution in [0.3, 0.4) is 0 Å². The van der Waals surface area contributed by atoms with Gasteiger partial charge in [-0.15, -0.1) is 0 Å². The Morgan fingerprint density at radius 3 is 2.52 bits per heavy atom. The molecule has 1 aromatic rings. The van der Waals surface area contributed by atoms with E-state index in [1.165, 1.54) is 31.2 Å². The first-order chi connectivity index (χ1) is 11.2. The maximum atomic E-state index is 9.34. The second kappa shape index (κ2) is 7.33. The van der Waals surface area contributed by atoms with Gasteiger partial charge in [0.25, 0.3) is 0 Å². The van der Waals surface area contributed by atoms with Crippen LogP contribution in [0.1, 0.15) is 51.0 Å². The summed E-state index contributed by atoms with van der Waals surface area (Å²) in [4.78, 5) is 0. The van der Waals surface area contributed by atoms with Crippen molar-refractivity contribution in [2.45, 2.75) is 56.9 Å². The molecule has 0 spiro atoms.